The fourth-order valence-corrected chi connectivity index (χ4v) is 2.60. The maximum absolute atomic E-state index is 12.3. The lowest BCUT2D eigenvalue weighted by Gasteiger charge is -2.02. The van der Waals surface area contributed by atoms with Crippen molar-refractivity contribution >= 4 is 53.8 Å². The Labute approximate surface area is 113 Å². The van der Waals surface area contributed by atoms with E-state index in [0.29, 0.717) is 21.9 Å². The van der Waals surface area contributed by atoms with E-state index in [1.807, 2.05) is 18.2 Å². The number of hydrogen-bond acceptors (Lipinski definition) is 2. The first-order valence-corrected chi connectivity index (χ1v) is 6.56. The summed E-state index contributed by atoms with van der Waals surface area (Å²) < 4.78 is 7.44. The van der Waals surface area contributed by atoms with Crippen molar-refractivity contribution < 1.29 is 4.42 Å². The van der Waals surface area contributed by atoms with Crippen LogP contribution >= 0.6 is 31.9 Å². The van der Waals surface area contributed by atoms with Gasteiger partial charge in [-0.15, -0.1) is 0 Å². The molecule has 0 bridgehead atoms. The van der Waals surface area contributed by atoms with Crippen LogP contribution in [-0.4, -0.2) is 0 Å². The zero-order valence-corrected chi connectivity index (χ0v) is 11.7. The topological polar surface area (TPSA) is 30.2 Å². The molecule has 1 aromatic heterocycles. The van der Waals surface area contributed by atoms with E-state index < -0.39 is 0 Å². The summed E-state index contributed by atoms with van der Waals surface area (Å²) in [5.41, 5.74) is 1.17. The van der Waals surface area contributed by atoms with Gasteiger partial charge in [0.2, 0.25) is 5.43 Å². The van der Waals surface area contributed by atoms with Gasteiger partial charge in [0.1, 0.15) is 5.58 Å². The van der Waals surface area contributed by atoms with Gasteiger partial charge in [0.05, 0.1) is 15.2 Å². The van der Waals surface area contributed by atoms with Gasteiger partial charge in [0.15, 0.2) is 5.58 Å². The molecule has 0 radical (unpaired) electrons. The molecular formula is C13H6Br2O2. The molecule has 0 atom stereocenters. The molecule has 3 aromatic rings. The lowest BCUT2D eigenvalue weighted by Crippen LogP contribution is -2.01. The molecule has 1 heterocycles. The maximum atomic E-state index is 12.3. The van der Waals surface area contributed by atoms with Crippen molar-refractivity contribution in [2.75, 3.05) is 0 Å². The van der Waals surface area contributed by atoms with E-state index in [4.69, 9.17) is 4.42 Å². The zero-order chi connectivity index (χ0) is 12.0. The predicted molar refractivity (Wildman–Crippen MR) is 75.4 cm³/mol. The van der Waals surface area contributed by atoms with Crippen LogP contribution in [0, 0.1) is 0 Å². The summed E-state index contributed by atoms with van der Waals surface area (Å²) in [6.07, 6.45) is 0. The van der Waals surface area contributed by atoms with Crippen LogP contribution in [0.2, 0.25) is 0 Å². The lowest BCUT2D eigenvalue weighted by molar-refractivity contribution is 0.657. The highest BCUT2D eigenvalue weighted by Gasteiger charge is 2.09. The second-order valence-corrected chi connectivity index (χ2v) is 5.46. The lowest BCUT2D eigenvalue weighted by atomic mass is 10.1. The second kappa shape index (κ2) is 3.96. The van der Waals surface area contributed by atoms with E-state index in [0.717, 1.165) is 8.95 Å². The first kappa shape index (κ1) is 11.0. The molecule has 17 heavy (non-hydrogen) atoms. The molecule has 4 heteroatoms. The van der Waals surface area contributed by atoms with Crippen LogP contribution < -0.4 is 5.43 Å². The Bertz CT molecular complexity index is 790. The van der Waals surface area contributed by atoms with E-state index in [1.165, 1.54) is 0 Å². The SMILES string of the molecule is O=c1c2ccc(Br)cc2oc2c(Br)cccc12. The molecule has 3 rings (SSSR count). The molecule has 0 aliphatic rings. The minimum absolute atomic E-state index is 0.00458. The quantitative estimate of drug-likeness (QED) is 0.558. The van der Waals surface area contributed by atoms with Crippen LogP contribution in [-0.2, 0) is 0 Å². The Balaban J connectivity index is 2.62. The van der Waals surface area contributed by atoms with Crippen molar-refractivity contribution in [2.45, 2.75) is 0 Å². The largest absolute Gasteiger partial charge is 0.455 e. The monoisotopic (exact) mass is 352 g/mol. The van der Waals surface area contributed by atoms with Crippen LogP contribution in [0.15, 0.2) is 54.6 Å². The number of benzene rings is 2. The van der Waals surface area contributed by atoms with E-state index in [9.17, 15) is 4.79 Å². The molecule has 0 N–H and O–H groups in total. The Kier molecular flexibility index (Phi) is 2.56. The molecule has 0 spiro atoms. The van der Waals surface area contributed by atoms with E-state index >= 15 is 0 Å². The highest BCUT2D eigenvalue weighted by molar-refractivity contribution is 9.11. The van der Waals surface area contributed by atoms with Gasteiger partial charge in [0.25, 0.3) is 0 Å². The van der Waals surface area contributed by atoms with Gasteiger partial charge in [-0.05, 0) is 46.3 Å². The summed E-state index contributed by atoms with van der Waals surface area (Å²) in [6.45, 7) is 0. The molecular weight excluding hydrogens is 348 g/mol. The maximum Gasteiger partial charge on any atom is 0.200 e. The summed E-state index contributed by atoms with van der Waals surface area (Å²) in [4.78, 5) is 12.3. The fourth-order valence-electron chi connectivity index (χ4n) is 1.81. The molecule has 2 aromatic carbocycles. The molecule has 0 amide bonds. The third-order valence-electron chi connectivity index (χ3n) is 2.61. The number of fused-ring (bicyclic) bond motifs is 2. The van der Waals surface area contributed by atoms with Crippen molar-refractivity contribution in [3.8, 4) is 0 Å². The number of halogens is 2. The van der Waals surface area contributed by atoms with E-state index in [-0.39, 0.29) is 5.43 Å². The smallest absolute Gasteiger partial charge is 0.200 e. The van der Waals surface area contributed by atoms with Crippen LogP contribution in [0.3, 0.4) is 0 Å². The molecule has 84 valence electrons. The summed E-state index contributed by atoms with van der Waals surface area (Å²) in [7, 11) is 0. The van der Waals surface area contributed by atoms with Gasteiger partial charge in [-0.25, -0.2) is 0 Å². The van der Waals surface area contributed by atoms with Gasteiger partial charge in [-0.2, -0.15) is 0 Å². The minimum Gasteiger partial charge on any atom is -0.455 e. The number of para-hydroxylation sites is 1. The Hall–Kier alpha value is -1.13. The normalized spacial score (nSPS) is 11.2. The summed E-state index contributed by atoms with van der Waals surface area (Å²) in [6, 6.07) is 10.9. The van der Waals surface area contributed by atoms with Crippen molar-refractivity contribution in [1.29, 1.82) is 0 Å². The van der Waals surface area contributed by atoms with Gasteiger partial charge in [-0.1, -0.05) is 22.0 Å². The summed E-state index contributed by atoms with van der Waals surface area (Å²) in [5.74, 6) is 0. The Morgan fingerprint density at radius 1 is 1.00 bits per heavy atom. The zero-order valence-electron chi connectivity index (χ0n) is 8.54. The minimum atomic E-state index is -0.00458. The molecule has 0 fully saturated rings. The Morgan fingerprint density at radius 3 is 2.65 bits per heavy atom. The standard InChI is InChI=1S/C13H6Br2O2/c14-7-4-5-8-11(6-7)17-13-9(12(8)16)2-1-3-10(13)15/h1-6H. The van der Waals surface area contributed by atoms with Crippen LogP contribution in [0.1, 0.15) is 0 Å². The highest BCUT2D eigenvalue weighted by atomic mass is 79.9. The molecule has 0 unspecified atom stereocenters. The van der Waals surface area contributed by atoms with Crippen molar-refractivity contribution in [3.63, 3.8) is 0 Å². The van der Waals surface area contributed by atoms with Gasteiger partial charge >= 0.3 is 0 Å². The van der Waals surface area contributed by atoms with E-state index in [1.54, 1.807) is 18.2 Å². The molecule has 2 nitrogen and oxygen atoms in total. The third kappa shape index (κ3) is 1.72. The van der Waals surface area contributed by atoms with E-state index in [2.05, 4.69) is 31.9 Å². The van der Waals surface area contributed by atoms with Gasteiger partial charge in [-0.3, -0.25) is 4.79 Å². The molecule has 0 saturated carbocycles. The van der Waals surface area contributed by atoms with Crippen molar-refractivity contribution in [3.05, 3.63) is 55.6 Å². The van der Waals surface area contributed by atoms with Crippen LogP contribution in [0.5, 0.6) is 0 Å². The average molecular weight is 354 g/mol. The van der Waals surface area contributed by atoms with Gasteiger partial charge < -0.3 is 4.42 Å². The average Bonchev–Trinajstić information content (AvgIpc) is 2.30. The second-order valence-electron chi connectivity index (χ2n) is 3.69. The Morgan fingerprint density at radius 2 is 1.82 bits per heavy atom. The van der Waals surface area contributed by atoms with Crippen LogP contribution in [0.25, 0.3) is 21.9 Å². The number of hydrogen-bond donors (Lipinski definition) is 0. The summed E-state index contributed by atoms with van der Waals surface area (Å²) >= 11 is 6.76. The van der Waals surface area contributed by atoms with Gasteiger partial charge in [0, 0.05) is 4.47 Å². The predicted octanol–water partition coefficient (Wildman–Crippen LogP) is 4.47. The molecule has 0 aliphatic heterocycles. The third-order valence-corrected chi connectivity index (χ3v) is 3.73. The van der Waals surface area contributed by atoms with Crippen molar-refractivity contribution in [2.24, 2.45) is 0 Å². The first-order chi connectivity index (χ1) is 8.16. The first-order valence-electron chi connectivity index (χ1n) is 4.97. The highest BCUT2D eigenvalue weighted by Crippen LogP contribution is 2.26. The van der Waals surface area contributed by atoms with Crippen molar-refractivity contribution in [1.82, 2.24) is 0 Å². The fraction of sp³-hybridized carbons (Fsp3) is 0. The van der Waals surface area contributed by atoms with Crippen LogP contribution in [0.4, 0.5) is 0 Å². The number of rotatable bonds is 0. The molecule has 0 aliphatic carbocycles. The molecule has 0 saturated heterocycles. The summed E-state index contributed by atoms with van der Waals surface area (Å²) in [5, 5.41) is 1.19.